The normalized spacial score (nSPS) is 18.5. The summed E-state index contributed by atoms with van der Waals surface area (Å²) >= 11 is 0. The van der Waals surface area contributed by atoms with Gasteiger partial charge in [0.05, 0.1) is 83.7 Å². The summed E-state index contributed by atoms with van der Waals surface area (Å²) in [6.07, 6.45) is -3.08. The summed E-state index contributed by atoms with van der Waals surface area (Å²) in [5.74, 6) is -18.6. The van der Waals surface area contributed by atoms with Crippen LogP contribution >= 0.6 is 0 Å². The van der Waals surface area contributed by atoms with E-state index in [1.807, 2.05) is 6.92 Å². The minimum Gasteiger partial charge on any atom is -0.477 e. The number of nitrogens with zero attached hydrogens (tertiary/aromatic N) is 3. The molecule has 23 nitrogen and oxygen atoms in total. The number of aliphatic hydroxyl groups excluding tert-OH is 4. The Labute approximate surface area is 439 Å². The largest absolute Gasteiger partial charge is 0.477 e. The predicted molar refractivity (Wildman–Crippen MR) is 256 cm³/mol. The fraction of sp³-hybridized carbons (Fsp3) is 0.612. The molecule has 4 rings (SSSR count). The number of ether oxygens (including phenoxy) is 7. The zero-order valence-electron chi connectivity index (χ0n) is 42.4. The topological polar surface area (TPSA) is 318 Å². The van der Waals surface area contributed by atoms with E-state index < -0.39 is 121 Å². The molecule has 3 aromatic rings. The van der Waals surface area contributed by atoms with Crippen LogP contribution in [0.2, 0.25) is 0 Å². The van der Waals surface area contributed by atoms with E-state index >= 15 is 0 Å². The van der Waals surface area contributed by atoms with Gasteiger partial charge in [-0.15, -0.1) is 5.10 Å². The molecule has 1 aliphatic rings. The number of aliphatic carboxylic acids is 1. The van der Waals surface area contributed by atoms with E-state index in [1.165, 1.54) is 4.68 Å². The number of carboxylic acids is 1. The molecule has 0 spiro atoms. The zero-order valence-corrected chi connectivity index (χ0v) is 42.4. The average Bonchev–Trinajstić information content (AvgIpc) is 3.91. The first kappa shape index (κ1) is 63.7. The van der Waals surface area contributed by atoms with Crippen molar-refractivity contribution in [2.24, 2.45) is 0 Å². The number of hydrogen-bond donors (Lipinski definition) is 8. The van der Waals surface area contributed by atoms with Gasteiger partial charge in [-0.2, -0.15) is 8.78 Å². The van der Waals surface area contributed by atoms with Crippen LogP contribution in [0.1, 0.15) is 70.3 Å². The summed E-state index contributed by atoms with van der Waals surface area (Å²) in [5.41, 5.74) is 1.46. The number of aromatic nitrogens is 3. The van der Waals surface area contributed by atoms with Crippen molar-refractivity contribution in [1.29, 1.82) is 0 Å². The molecule has 0 radical (unpaired) electrons. The fourth-order valence-electron chi connectivity index (χ4n) is 7.52. The lowest BCUT2D eigenvalue weighted by atomic mass is 9.88. The molecule has 28 heteroatoms. The maximum atomic E-state index is 14.4. The van der Waals surface area contributed by atoms with Crippen LogP contribution in [0.15, 0.2) is 30.5 Å². The summed E-state index contributed by atoms with van der Waals surface area (Å²) in [4.78, 5) is 60.0. The molecule has 5 unspecified atom stereocenters. The van der Waals surface area contributed by atoms with Crippen LogP contribution in [-0.2, 0) is 65.4 Å². The van der Waals surface area contributed by atoms with Crippen molar-refractivity contribution >= 4 is 30.0 Å². The number of unbranched alkanes of at least 4 members (excludes halogenated alkanes) is 4. The summed E-state index contributed by atoms with van der Waals surface area (Å²) in [6, 6.07) is 4.95. The number of aliphatic hydroxyl groups is 4. The van der Waals surface area contributed by atoms with Crippen molar-refractivity contribution in [3.63, 3.8) is 0 Å². The Morgan fingerprint density at radius 3 is 2.19 bits per heavy atom. The number of rotatable bonds is 38. The molecule has 2 aromatic carbocycles. The molecule has 1 aromatic heterocycles. The van der Waals surface area contributed by atoms with Crippen LogP contribution in [0, 0.1) is 29.1 Å². The number of carbonyl (C=O) groups excluding carboxylic acids is 4. The summed E-state index contributed by atoms with van der Waals surface area (Å²) < 4.78 is 109. The number of aldehydes is 1. The Morgan fingerprint density at radius 1 is 0.844 bits per heavy atom. The van der Waals surface area contributed by atoms with Crippen molar-refractivity contribution in [2.45, 2.75) is 120 Å². The Balaban J connectivity index is 1.27. The van der Waals surface area contributed by atoms with E-state index in [1.54, 1.807) is 30.5 Å². The third-order valence-electron chi connectivity index (χ3n) is 11.7. The summed E-state index contributed by atoms with van der Waals surface area (Å²) in [7, 11) is 0. The summed E-state index contributed by atoms with van der Waals surface area (Å²) in [5, 5.41) is 68.6. The Hall–Kier alpha value is -5.82. The third-order valence-corrected chi connectivity index (χ3v) is 11.7. The third kappa shape index (κ3) is 20.5. The zero-order chi connectivity index (χ0) is 56.3. The number of benzene rings is 2. The van der Waals surface area contributed by atoms with E-state index in [-0.39, 0.29) is 71.5 Å². The van der Waals surface area contributed by atoms with E-state index in [9.17, 15) is 71.5 Å². The van der Waals surface area contributed by atoms with Gasteiger partial charge in [0, 0.05) is 37.9 Å². The van der Waals surface area contributed by atoms with Crippen molar-refractivity contribution in [1.82, 2.24) is 30.9 Å². The molecule has 2 heterocycles. The minimum absolute atomic E-state index is 0.0310. The second-order valence-electron chi connectivity index (χ2n) is 17.6. The Morgan fingerprint density at radius 2 is 1.52 bits per heavy atom. The molecule has 0 bridgehead atoms. The Bertz CT molecular complexity index is 2290. The number of carbonyl (C=O) groups is 5. The average molecular weight is 1110 g/mol. The molecule has 1 fully saturated rings. The van der Waals surface area contributed by atoms with Gasteiger partial charge in [-0.25, -0.2) is 22.6 Å². The van der Waals surface area contributed by atoms with Crippen LogP contribution in [0.5, 0.6) is 5.75 Å². The predicted octanol–water partition coefficient (Wildman–Crippen LogP) is 1.37. The highest BCUT2D eigenvalue weighted by Crippen LogP contribution is 2.34. The first-order chi connectivity index (χ1) is 36.9. The SMILES string of the molecule is CCCCC(=O)NCCCCCCOC1(C(=O)O)CC(O)C(NC(=O)CO)C([C@H](O)[C@H](O)CNC(=O)Cc2ccc(-c3cn(CCOCC(OCCOCCOCCC=O)Oc4c(F)c(F)c(F)c(F)c4F)nn3)cc2)O1. The molecule has 0 saturated carbocycles. The van der Waals surface area contributed by atoms with E-state index in [4.69, 9.17) is 33.2 Å². The standard InChI is InChI=1S/C49H67F5N6O17/c1-2-3-9-35(65)55-14-6-4-5-7-18-75-49(48(69)70)25-33(63)44(57-37(67)28-62)47(77-49)45(68)34(64)26-56-36(66)24-30-10-12-31(13-11-30)32-27-60(59-58-32)15-19-73-29-38(74-23-22-72-21-20-71-17-8-16-61)76-46-42(53)40(51)39(50)41(52)43(46)54/h10-13,16,27,33-34,38,44-45,47,62-64,68H,2-9,14-15,17-26,28-29H2,1H3,(H,55,65)(H,56,66)(H,57,67)(H,69,70)/t33?,34-,38?,44?,45-,47?,49?/m1/s1. The molecular weight excluding hydrogens is 1040 g/mol. The lowest BCUT2D eigenvalue weighted by molar-refractivity contribution is -0.310. The maximum Gasteiger partial charge on any atom is 0.364 e. The smallest absolute Gasteiger partial charge is 0.364 e. The molecule has 1 aliphatic heterocycles. The minimum atomic E-state index is -2.52. The molecule has 8 N–H and O–H groups in total. The quantitative estimate of drug-likeness (QED) is 0.0100. The number of nitrogens with one attached hydrogen (secondary N) is 3. The first-order valence-corrected chi connectivity index (χ1v) is 24.9. The van der Waals surface area contributed by atoms with Crippen molar-refractivity contribution in [3.8, 4) is 17.0 Å². The van der Waals surface area contributed by atoms with Crippen LogP contribution in [-0.4, -0.2) is 186 Å². The van der Waals surface area contributed by atoms with Gasteiger partial charge in [-0.3, -0.25) is 14.4 Å². The summed E-state index contributed by atoms with van der Waals surface area (Å²) in [6.45, 7) is 0.152. The van der Waals surface area contributed by atoms with Gasteiger partial charge in [0.1, 0.15) is 37.4 Å². The molecule has 3 amide bonds. The molecule has 1 saturated heterocycles. The van der Waals surface area contributed by atoms with Crippen LogP contribution < -0.4 is 20.7 Å². The van der Waals surface area contributed by atoms with E-state index in [2.05, 4.69) is 26.3 Å². The fourth-order valence-corrected chi connectivity index (χ4v) is 7.52. The van der Waals surface area contributed by atoms with Gasteiger partial charge in [0.15, 0.2) is 0 Å². The highest BCUT2D eigenvalue weighted by atomic mass is 19.2. The monoisotopic (exact) mass is 1110 g/mol. The van der Waals surface area contributed by atoms with Crippen molar-refractivity contribution < 1.29 is 105 Å². The maximum absolute atomic E-state index is 14.4. The van der Waals surface area contributed by atoms with Gasteiger partial charge < -0.3 is 79.4 Å². The molecule has 77 heavy (non-hydrogen) atoms. The van der Waals surface area contributed by atoms with E-state index in [0.29, 0.717) is 61.8 Å². The van der Waals surface area contributed by atoms with Gasteiger partial charge in [-0.05, 0) is 24.8 Å². The highest BCUT2D eigenvalue weighted by Gasteiger charge is 2.56. The lowest BCUT2D eigenvalue weighted by Gasteiger charge is -2.46. The highest BCUT2D eigenvalue weighted by molar-refractivity contribution is 5.79. The van der Waals surface area contributed by atoms with Crippen LogP contribution in [0.25, 0.3) is 11.3 Å². The first-order valence-electron chi connectivity index (χ1n) is 24.9. The van der Waals surface area contributed by atoms with Crippen LogP contribution in [0.3, 0.4) is 0 Å². The van der Waals surface area contributed by atoms with Crippen molar-refractivity contribution in [2.75, 3.05) is 72.6 Å². The number of hydrogen-bond acceptors (Lipinski definition) is 18. The molecule has 7 atom stereocenters. The van der Waals surface area contributed by atoms with Gasteiger partial charge in [-0.1, -0.05) is 55.7 Å². The second-order valence-corrected chi connectivity index (χ2v) is 17.6. The Kier molecular flexibility index (Phi) is 27.7. The number of carboxylic acid groups (broad SMARTS) is 1. The van der Waals surface area contributed by atoms with Gasteiger partial charge in [0.2, 0.25) is 58.8 Å². The molecule has 430 valence electrons. The van der Waals surface area contributed by atoms with E-state index in [0.717, 1.165) is 12.8 Å². The lowest BCUT2D eigenvalue weighted by Crippen LogP contribution is -2.68. The van der Waals surface area contributed by atoms with Crippen molar-refractivity contribution in [3.05, 3.63) is 65.1 Å². The molecular formula is C49H67F5N6O17. The van der Waals surface area contributed by atoms with Gasteiger partial charge >= 0.3 is 5.97 Å². The van der Waals surface area contributed by atoms with Gasteiger partial charge in [0.25, 0.3) is 5.79 Å². The molecule has 0 aliphatic carbocycles. The number of halogens is 5. The second kappa shape index (κ2) is 33.5. The van der Waals surface area contributed by atoms with Crippen LogP contribution in [0.4, 0.5) is 22.0 Å². The number of amides is 3.